The number of rotatable bonds is 2. The lowest BCUT2D eigenvalue weighted by atomic mass is 10.1. The van der Waals surface area contributed by atoms with Crippen LogP contribution < -0.4 is 0 Å². The Labute approximate surface area is 91.0 Å². The Morgan fingerprint density at radius 3 is 1.19 bits per heavy atom. The average Bonchev–Trinajstić information content (AvgIpc) is 2.06. The number of aliphatic hydroxyl groups is 2. The molecule has 0 aromatic carbocycles. The highest BCUT2D eigenvalue weighted by Crippen LogP contribution is 2.36. The van der Waals surface area contributed by atoms with Crippen LogP contribution in [0.1, 0.15) is 0 Å². The third kappa shape index (κ3) is 1.59. The summed E-state index contributed by atoms with van der Waals surface area (Å²) in [6, 6.07) is 0. The SMILES string of the molecule is O=S(=O)(O)C1(O)C=CC=CC1(O)S(=O)(=O)O. The molecule has 0 saturated carbocycles. The molecule has 0 heterocycles. The van der Waals surface area contributed by atoms with E-state index in [2.05, 4.69) is 0 Å². The molecule has 8 nitrogen and oxygen atoms in total. The van der Waals surface area contributed by atoms with E-state index in [1.165, 1.54) is 0 Å². The molecule has 0 saturated heterocycles. The van der Waals surface area contributed by atoms with Crippen LogP contribution in [0.4, 0.5) is 0 Å². The van der Waals surface area contributed by atoms with Crippen LogP contribution in [0, 0.1) is 0 Å². The summed E-state index contributed by atoms with van der Waals surface area (Å²) in [7, 11) is -10.8. The van der Waals surface area contributed by atoms with Crippen LogP contribution in [0.2, 0.25) is 0 Å². The maximum Gasteiger partial charge on any atom is 0.303 e. The second-order valence-electron chi connectivity index (χ2n) is 3.06. The zero-order valence-electron chi connectivity index (χ0n) is 7.55. The Morgan fingerprint density at radius 2 is 1.00 bits per heavy atom. The molecule has 0 bridgehead atoms. The van der Waals surface area contributed by atoms with Gasteiger partial charge in [-0.2, -0.15) is 16.8 Å². The summed E-state index contributed by atoms with van der Waals surface area (Å²) in [5.41, 5.74) is 0. The normalized spacial score (nSPS) is 35.2. The molecule has 0 spiro atoms. The monoisotopic (exact) mass is 272 g/mol. The third-order valence-corrected chi connectivity index (χ3v) is 4.65. The second kappa shape index (κ2) is 3.35. The Balaban J connectivity index is 3.64. The van der Waals surface area contributed by atoms with E-state index >= 15 is 0 Å². The molecule has 1 rings (SSSR count). The first-order valence-electron chi connectivity index (χ1n) is 3.71. The van der Waals surface area contributed by atoms with Crippen LogP contribution in [0.5, 0.6) is 0 Å². The standard InChI is InChI=1S/C6H8O8S2/c7-5(15(9,10)11)3-1-2-4-6(5,8)16(12,13)14/h1-4,7-8H,(H,9,10,11)(H,12,13,14). The van der Waals surface area contributed by atoms with Gasteiger partial charge in [0.15, 0.2) is 0 Å². The summed E-state index contributed by atoms with van der Waals surface area (Å²) in [6.45, 7) is 0. The van der Waals surface area contributed by atoms with Gasteiger partial charge in [0.25, 0.3) is 9.87 Å². The van der Waals surface area contributed by atoms with Crippen LogP contribution in [-0.4, -0.2) is 46.0 Å². The van der Waals surface area contributed by atoms with Crippen molar-refractivity contribution in [3.8, 4) is 0 Å². The predicted molar refractivity (Wildman–Crippen MR) is 51.3 cm³/mol. The lowest BCUT2D eigenvalue weighted by Gasteiger charge is -2.35. The molecular formula is C6H8O8S2. The van der Waals surface area contributed by atoms with Gasteiger partial charge in [-0.25, -0.2) is 0 Å². The zero-order valence-corrected chi connectivity index (χ0v) is 9.18. The number of hydrogen-bond acceptors (Lipinski definition) is 6. The molecule has 0 fully saturated rings. The molecule has 10 heteroatoms. The van der Waals surface area contributed by atoms with Crippen LogP contribution in [0.25, 0.3) is 0 Å². The van der Waals surface area contributed by atoms with Crippen molar-refractivity contribution in [1.82, 2.24) is 0 Å². The molecule has 1 aliphatic carbocycles. The van der Waals surface area contributed by atoms with E-state index in [1.807, 2.05) is 0 Å². The molecular weight excluding hydrogens is 264 g/mol. The molecule has 2 unspecified atom stereocenters. The highest BCUT2D eigenvalue weighted by atomic mass is 32.2. The molecule has 0 radical (unpaired) electrons. The van der Waals surface area contributed by atoms with Gasteiger partial charge in [-0.3, -0.25) is 9.11 Å². The summed E-state index contributed by atoms with van der Waals surface area (Å²) in [5, 5.41) is 19.0. The molecule has 92 valence electrons. The minimum absolute atomic E-state index is 0.329. The van der Waals surface area contributed by atoms with Crippen molar-refractivity contribution in [2.45, 2.75) is 9.87 Å². The van der Waals surface area contributed by atoms with Crippen molar-refractivity contribution in [1.29, 1.82) is 0 Å². The Hall–Kier alpha value is -0.780. The first-order valence-corrected chi connectivity index (χ1v) is 6.59. The van der Waals surface area contributed by atoms with Crippen molar-refractivity contribution in [3.63, 3.8) is 0 Å². The van der Waals surface area contributed by atoms with E-state index in [0.29, 0.717) is 12.2 Å². The smallest absolute Gasteiger partial charge is 0.303 e. The molecule has 2 atom stereocenters. The van der Waals surface area contributed by atoms with E-state index < -0.39 is 30.1 Å². The van der Waals surface area contributed by atoms with Gasteiger partial charge in [-0.05, 0) is 12.2 Å². The fourth-order valence-electron chi connectivity index (χ4n) is 1.15. The van der Waals surface area contributed by atoms with Crippen molar-refractivity contribution in [2.24, 2.45) is 0 Å². The summed E-state index contributed by atoms with van der Waals surface area (Å²) in [6.07, 6.45) is 2.42. The average molecular weight is 272 g/mol. The van der Waals surface area contributed by atoms with Gasteiger partial charge in [0.2, 0.25) is 0 Å². The van der Waals surface area contributed by atoms with Crippen LogP contribution in [-0.2, 0) is 20.2 Å². The predicted octanol–water partition coefficient (Wildman–Crippen LogP) is -1.73. The summed E-state index contributed by atoms with van der Waals surface area (Å²) < 4.78 is 60.8. The highest BCUT2D eigenvalue weighted by Gasteiger charge is 2.64. The van der Waals surface area contributed by atoms with Gasteiger partial charge in [0, 0.05) is 0 Å². The summed E-state index contributed by atoms with van der Waals surface area (Å²) in [4.78, 5) is -7.13. The second-order valence-corrected chi connectivity index (χ2v) is 6.21. The lowest BCUT2D eigenvalue weighted by Crippen LogP contribution is -2.61. The molecule has 0 aromatic rings. The molecule has 1 aliphatic rings. The van der Waals surface area contributed by atoms with Gasteiger partial charge in [-0.1, -0.05) is 12.2 Å². The molecule has 4 N–H and O–H groups in total. The first kappa shape index (κ1) is 13.3. The fraction of sp³-hybridized carbons (Fsp3) is 0.333. The quantitative estimate of drug-likeness (QED) is 0.433. The first-order chi connectivity index (χ1) is 6.96. The van der Waals surface area contributed by atoms with Crippen LogP contribution in [0.15, 0.2) is 24.3 Å². The maximum atomic E-state index is 10.9. The van der Waals surface area contributed by atoms with Crippen LogP contribution in [0.3, 0.4) is 0 Å². The van der Waals surface area contributed by atoms with E-state index in [1.54, 1.807) is 0 Å². The van der Waals surface area contributed by atoms with Gasteiger partial charge < -0.3 is 10.2 Å². The van der Waals surface area contributed by atoms with Gasteiger partial charge in [0.1, 0.15) is 0 Å². The fourth-order valence-corrected chi connectivity index (χ4v) is 3.16. The zero-order chi connectivity index (χ0) is 12.8. The van der Waals surface area contributed by atoms with E-state index in [4.69, 9.17) is 9.11 Å². The number of hydrogen-bond donors (Lipinski definition) is 4. The molecule has 16 heavy (non-hydrogen) atoms. The molecule has 0 amide bonds. The topological polar surface area (TPSA) is 149 Å². The minimum atomic E-state index is -5.39. The largest absolute Gasteiger partial charge is 0.366 e. The number of allylic oxidation sites excluding steroid dienone is 2. The van der Waals surface area contributed by atoms with Crippen molar-refractivity contribution in [3.05, 3.63) is 24.3 Å². The maximum absolute atomic E-state index is 10.9. The van der Waals surface area contributed by atoms with Crippen molar-refractivity contribution in [2.75, 3.05) is 0 Å². The van der Waals surface area contributed by atoms with Crippen molar-refractivity contribution >= 4 is 20.2 Å². The van der Waals surface area contributed by atoms with Gasteiger partial charge in [-0.15, -0.1) is 0 Å². The molecule has 0 aliphatic heterocycles. The lowest BCUT2D eigenvalue weighted by molar-refractivity contribution is 0.00429. The summed E-state index contributed by atoms with van der Waals surface area (Å²) >= 11 is 0. The Morgan fingerprint density at radius 1 is 0.750 bits per heavy atom. The van der Waals surface area contributed by atoms with E-state index in [-0.39, 0.29) is 0 Å². The van der Waals surface area contributed by atoms with Crippen molar-refractivity contribution < 1.29 is 36.2 Å². The Kier molecular flexibility index (Phi) is 2.79. The highest BCUT2D eigenvalue weighted by molar-refractivity contribution is 7.91. The minimum Gasteiger partial charge on any atom is -0.366 e. The van der Waals surface area contributed by atoms with E-state index in [0.717, 1.165) is 12.2 Å². The van der Waals surface area contributed by atoms with Crippen LogP contribution >= 0.6 is 0 Å². The summed E-state index contributed by atoms with van der Waals surface area (Å²) in [5.74, 6) is 0. The van der Waals surface area contributed by atoms with Gasteiger partial charge in [0.05, 0.1) is 0 Å². The van der Waals surface area contributed by atoms with Gasteiger partial charge >= 0.3 is 20.2 Å². The Bertz CT molecular complexity index is 503. The third-order valence-electron chi connectivity index (χ3n) is 2.06. The van der Waals surface area contributed by atoms with E-state index in [9.17, 15) is 27.0 Å². The molecule has 0 aromatic heterocycles.